The number of rotatable bonds is 5. The Bertz CT molecular complexity index is 570. The number of thioether (sulfide) groups is 2. The summed E-state index contributed by atoms with van der Waals surface area (Å²) in [6.07, 6.45) is 8.22. The molecule has 112 valence electrons. The fourth-order valence-electron chi connectivity index (χ4n) is 2.64. The first-order valence-electron chi connectivity index (χ1n) is 7.17. The van der Waals surface area contributed by atoms with Crippen molar-refractivity contribution in [2.24, 2.45) is 0 Å². The molecule has 2 aromatic rings. The number of nitrogens with zero attached hydrogens (tertiary/aromatic N) is 2. The number of aryl methyl sites for hydroxylation is 1. The smallest absolute Gasteiger partial charge is 0.0946 e. The quantitative estimate of drug-likeness (QED) is 0.736. The van der Waals surface area contributed by atoms with Gasteiger partial charge in [0.2, 0.25) is 0 Å². The maximum atomic E-state index is 4.18. The maximum Gasteiger partial charge on any atom is 0.0946 e. The van der Waals surface area contributed by atoms with Crippen LogP contribution in [0.1, 0.15) is 18.9 Å². The Morgan fingerprint density at radius 3 is 2.81 bits per heavy atom. The summed E-state index contributed by atoms with van der Waals surface area (Å²) >= 11 is 7.76. The van der Waals surface area contributed by atoms with E-state index >= 15 is 0 Å². The number of hydrogen-bond donors (Lipinski definition) is 0. The SMILES string of the molecule is CC1CSC(CCc2ccc(Br)cc2)(Cn2ccnc2)S1. The molecule has 2 atom stereocenters. The second kappa shape index (κ2) is 6.80. The van der Waals surface area contributed by atoms with Gasteiger partial charge in [0.25, 0.3) is 0 Å². The van der Waals surface area contributed by atoms with E-state index in [9.17, 15) is 0 Å². The van der Waals surface area contributed by atoms with Gasteiger partial charge in [0.1, 0.15) is 0 Å². The zero-order valence-electron chi connectivity index (χ0n) is 12.0. The fourth-order valence-corrected chi connectivity index (χ4v) is 6.55. The van der Waals surface area contributed by atoms with Gasteiger partial charge in [-0.15, -0.1) is 23.5 Å². The Hall–Kier alpha value is -0.390. The predicted molar refractivity (Wildman–Crippen MR) is 96.9 cm³/mol. The van der Waals surface area contributed by atoms with Crippen molar-refractivity contribution >= 4 is 39.5 Å². The molecule has 0 spiro atoms. The summed E-state index contributed by atoms with van der Waals surface area (Å²) in [5, 5.41) is 0.739. The van der Waals surface area contributed by atoms with E-state index in [1.54, 1.807) is 0 Å². The zero-order valence-corrected chi connectivity index (χ0v) is 15.3. The molecule has 1 aromatic heterocycles. The lowest BCUT2D eigenvalue weighted by atomic mass is 10.1. The lowest BCUT2D eigenvalue weighted by Crippen LogP contribution is -2.25. The van der Waals surface area contributed by atoms with E-state index in [-0.39, 0.29) is 4.08 Å². The van der Waals surface area contributed by atoms with Crippen LogP contribution in [0.25, 0.3) is 0 Å². The largest absolute Gasteiger partial charge is 0.335 e. The third-order valence-electron chi connectivity index (χ3n) is 3.69. The second-order valence-electron chi connectivity index (χ2n) is 5.51. The Kier molecular flexibility index (Phi) is 5.02. The Morgan fingerprint density at radius 1 is 1.38 bits per heavy atom. The molecule has 2 nitrogen and oxygen atoms in total. The molecule has 3 rings (SSSR count). The molecule has 1 aliphatic heterocycles. The molecule has 0 N–H and O–H groups in total. The minimum atomic E-state index is 0.285. The van der Waals surface area contributed by atoms with Crippen molar-refractivity contribution in [3.8, 4) is 0 Å². The van der Waals surface area contributed by atoms with Gasteiger partial charge in [-0.25, -0.2) is 4.98 Å². The summed E-state index contributed by atoms with van der Waals surface area (Å²) in [4.78, 5) is 4.18. The standard InChI is InChI=1S/C16H19BrN2S2/c1-13-10-20-16(21-13,11-19-9-8-18-12-19)7-6-14-2-4-15(17)5-3-14/h2-5,8-9,12-13H,6-7,10-11H2,1H3. The van der Waals surface area contributed by atoms with Crippen LogP contribution in [0.15, 0.2) is 47.5 Å². The van der Waals surface area contributed by atoms with Crippen molar-refractivity contribution in [2.75, 3.05) is 5.75 Å². The second-order valence-corrected chi connectivity index (χ2v) is 9.91. The molecule has 2 unspecified atom stereocenters. The first-order chi connectivity index (χ1) is 10.2. The topological polar surface area (TPSA) is 17.8 Å². The van der Waals surface area contributed by atoms with Crippen LogP contribution in [0.5, 0.6) is 0 Å². The zero-order chi connectivity index (χ0) is 14.7. The molecule has 0 radical (unpaired) electrons. The summed E-state index contributed by atoms with van der Waals surface area (Å²) in [6, 6.07) is 8.72. The molecule has 1 aromatic carbocycles. The van der Waals surface area contributed by atoms with Gasteiger partial charge in [0.05, 0.1) is 10.4 Å². The van der Waals surface area contributed by atoms with Crippen LogP contribution in [0.3, 0.4) is 0 Å². The van der Waals surface area contributed by atoms with Gasteiger partial charge in [0, 0.05) is 34.4 Å². The van der Waals surface area contributed by atoms with Gasteiger partial charge in [-0.1, -0.05) is 35.0 Å². The van der Waals surface area contributed by atoms with Crippen molar-refractivity contribution in [2.45, 2.75) is 35.6 Å². The third-order valence-corrected chi connectivity index (χ3v) is 7.93. The molecule has 1 aliphatic rings. The van der Waals surface area contributed by atoms with Gasteiger partial charge in [-0.3, -0.25) is 0 Å². The van der Waals surface area contributed by atoms with Crippen LogP contribution < -0.4 is 0 Å². The highest BCUT2D eigenvalue weighted by Crippen LogP contribution is 2.51. The van der Waals surface area contributed by atoms with E-state index in [0.29, 0.717) is 0 Å². The molecule has 0 bridgehead atoms. The van der Waals surface area contributed by atoms with Crippen LogP contribution in [-0.2, 0) is 13.0 Å². The van der Waals surface area contributed by atoms with Crippen LogP contribution >= 0.6 is 39.5 Å². The number of hydrogen-bond acceptors (Lipinski definition) is 3. The molecule has 0 amide bonds. The Balaban J connectivity index is 1.69. The van der Waals surface area contributed by atoms with E-state index < -0.39 is 0 Å². The van der Waals surface area contributed by atoms with E-state index in [0.717, 1.165) is 22.7 Å². The average molecular weight is 383 g/mol. The molecule has 0 saturated carbocycles. The number of imidazole rings is 1. The normalized spacial score (nSPS) is 25.3. The minimum Gasteiger partial charge on any atom is -0.335 e. The van der Waals surface area contributed by atoms with Crippen molar-refractivity contribution in [3.05, 3.63) is 53.0 Å². The van der Waals surface area contributed by atoms with Gasteiger partial charge >= 0.3 is 0 Å². The summed E-state index contributed by atoms with van der Waals surface area (Å²) in [5.41, 5.74) is 1.42. The van der Waals surface area contributed by atoms with Gasteiger partial charge in [-0.05, 0) is 30.5 Å². The average Bonchev–Trinajstić information content (AvgIpc) is 3.09. The van der Waals surface area contributed by atoms with Gasteiger partial charge in [0.15, 0.2) is 0 Å². The summed E-state index contributed by atoms with van der Waals surface area (Å²) in [7, 11) is 0. The summed E-state index contributed by atoms with van der Waals surface area (Å²) in [6.45, 7) is 3.39. The molecular formula is C16H19BrN2S2. The van der Waals surface area contributed by atoms with Crippen molar-refractivity contribution < 1.29 is 0 Å². The monoisotopic (exact) mass is 382 g/mol. The summed E-state index contributed by atoms with van der Waals surface area (Å²) in [5.74, 6) is 1.25. The molecule has 1 fully saturated rings. The Labute approximate surface area is 143 Å². The first-order valence-corrected chi connectivity index (χ1v) is 9.83. The van der Waals surface area contributed by atoms with Crippen LogP contribution in [0.4, 0.5) is 0 Å². The number of halogens is 1. The molecule has 5 heteroatoms. The van der Waals surface area contributed by atoms with E-state index in [2.05, 4.69) is 86.4 Å². The van der Waals surface area contributed by atoms with Gasteiger partial charge < -0.3 is 4.57 Å². The molecule has 0 aliphatic carbocycles. The number of benzene rings is 1. The Morgan fingerprint density at radius 2 is 2.19 bits per heavy atom. The maximum absolute atomic E-state index is 4.18. The van der Waals surface area contributed by atoms with Crippen LogP contribution in [0.2, 0.25) is 0 Å². The molecule has 21 heavy (non-hydrogen) atoms. The van der Waals surface area contributed by atoms with Crippen molar-refractivity contribution in [1.29, 1.82) is 0 Å². The number of aromatic nitrogens is 2. The van der Waals surface area contributed by atoms with Crippen LogP contribution in [0, 0.1) is 0 Å². The lowest BCUT2D eigenvalue weighted by Gasteiger charge is -2.28. The highest BCUT2D eigenvalue weighted by molar-refractivity contribution is 9.10. The highest BCUT2D eigenvalue weighted by atomic mass is 79.9. The summed E-state index contributed by atoms with van der Waals surface area (Å²) < 4.78 is 3.66. The lowest BCUT2D eigenvalue weighted by molar-refractivity contribution is 0.592. The van der Waals surface area contributed by atoms with Crippen molar-refractivity contribution in [1.82, 2.24) is 9.55 Å². The third kappa shape index (κ3) is 4.08. The van der Waals surface area contributed by atoms with E-state index in [1.165, 1.54) is 17.7 Å². The van der Waals surface area contributed by atoms with Crippen molar-refractivity contribution in [3.63, 3.8) is 0 Å². The van der Waals surface area contributed by atoms with E-state index in [1.807, 2.05) is 12.5 Å². The highest BCUT2D eigenvalue weighted by Gasteiger charge is 2.39. The minimum absolute atomic E-state index is 0.285. The molecule has 1 saturated heterocycles. The fraction of sp³-hybridized carbons (Fsp3) is 0.438. The van der Waals surface area contributed by atoms with Crippen LogP contribution in [-0.4, -0.2) is 24.6 Å². The van der Waals surface area contributed by atoms with Gasteiger partial charge in [-0.2, -0.15) is 0 Å². The predicted octanol–water partition coefficient (Wildman–Crippen LogP) is 4.84. The molecule has 2 heterocycles. The molecular weight excluding hydrogens is 364 g/mol. The first kappa shape index (κ1) is 15.5. The van der Waals surface area contributed by atoms with E-state index in [4.69, 9.17) is 0 Å².